The van der Waals surface area contributed by atoms with Gasteiger partial charge in [-0.2, -0.15) is 0 Å². The van der Waals surface area contributed by atoms with Crippen molar-refractivity contribution in [2.45, 2.75) is 82.0 Å². The Morgan fingerprint density at radius 3 is 2.53 bits per heavy atom. The van der Waals surface area contributed by atoms with Gasteiger partial charge in [-0.15, -0.1) is 0 Å². The lowest BCUT2D eigenvalue weighted by Gasteiger charge is -2.42. The van der Waals surface area contributed by atoms with Gasteiger partial charge in [0.15, 0.2) is 0 Å². The van der Waals surface area contributed by atoms with Crippen LogP contribution in [0.15, 0.2) is 30.3 Å². The number of rotatable bonds is 4. The highest BCUT2D eigenvalue weighted by Crippen LogP contribution is 2.58. The Morgan fingerprint density at radius 2 is 1.89 bits per heavy atom. The zero-order valence-electron chi connectivity index (χ0n) is 21.5. The zero-order valence-corrected chi connectivity index (χ0v) is 23.0. The predicted octanol–water partition coefficient (Wildman–Crippen LogP) is 5.02. The summed E-state index contributed by atoms with van der Waals surface area (Å²) in [4.78, 5) is 27.7. The van der Waals surface area contributed by atoms with E-state index in [4.69, 9.17) is 27.9 Å². The Labute approximate surface area is 230 Å². The van der Waals surface area contributed by atoms with Crippen molar-refractivity contribution in [2.24, 2.45) is 5.41 Å². The number of hydrogen-bond acceptors (Lipinski definition) is 5. The summed E-state index contributed by atoms with van der Waals surface area (Å²) in [5, 5.41) is 16.0. The second-order valence-corrected chi connectivity index (χ2v) is 13.0. The highest BCUT2D eigenvalue weighted by atomic mass is 35.5. The Bertz CT molecular complexity index is 1320. The molecular formula is C28H30Cl2F2N2O4. The highest BCUT2D eigenvalue weighted by Gasteiger charge is 2.68. The molecule has 3 N–H and O–H groups in total. The minimum atomic E-state index is -1.65. The smallest absolute Gasteiger partial charge is 0.324 e. The summed E-state index contributed by atoms with van der Waals surface area (Å²) in [6.07, 6.45) is 1.12. The summed E-state index contributed by atoms with van der Waals surface area (Å²) in [5.74, 6) is -3.75. The molecule has 6 nitrogen and oxygen atoms in total. The fraction of sp³-hybridized carbons (Fsp3) is 0.500. The normalized spacial score (nSPS) is 32.2. The second kappa shape index (κ2) is 9.15. The average molecular weight is 567 g/mol. The van der Waals surface area contributed by atoms with E-state index in [1.165, 1.54) is 18.2 Å². The number of benzene rings is 2. The molecule has 204 valence electrons. The standard InChI is InChI=1S/C28H30Cl2F2N2O4/c1-26(2,3)12-20-28(15-8-18(31)17(30)9-19(15)38-25(28)36)21(14-6-5-7-16(29)22(14)32)23(34-20)24(35)33-13-10-27(4,37)11-13/h5-9,13,20-21,23,34,37H,10-12H2,1-4H3,(H,33,35)/t13?,20-,21+,23-,27?,28+/m1/s1. The third-order valence-electron chi connectivity index (χ3n) is 7.90. The first-order valence-corrected chi connectivity index (χ1v) is 13.3. The van der Waals surface area contributed by atoms with Crippen LogP contribution in [0.25, 0.3) is 0 Å². The molecule has 1 spiro atoms. The van der Waals surface area contributed by atoms with Crippen LogP contribution in [0.1, 0.15) is 64.0 Å². The van der Waals surface area contributed by atoms with Gasteiger partial charge in [-0.3, -0.25) is 9.59 Å². The van der Waals surface area contributed by atoms with Crippen LogP contribution in [0.2, 0.25) is 10.0 Å². The molecule has 2 heterocycles. The van der Waals surface area contributed by atoms with Crippen molar-refractivity contribution in [1.82, 2.24) is 10.6 Å². The number of esters is 1. The third-order valence-corrected chi connectivity index (χ3v) is 8.48. The summed E-state index contributed by atoms with van der Waals surface area (Å²) >= 11 is 12.2. The van der Waals surface area contributed by atoms with Crippen molar-refractivity contribution in [3.05, 3.63) is 63.1 Å². The van der Waals surface area contributed by atoms with E-state index < -0.39 is 52.5 Å². The van der Waals surface area contributed by atoms with Gasteiger partial charge in [0.2, 0.25) is 5.91 Å². The van der Waals surface area contributed by atoms with Crippen LogP contribution < -0.4 is 15.4 Å². The van der Waals surface area contributed by atoms with Gasteiger partial charge >= 0.3 is 5.97 Å². The molecule has 1 saturated carbocycles. The summed E-state index contributed by atoms with van der Waals surface area (Å²) in [7, 11) is 0. The number of carbonyl (C=O) groups excluding carboxylic acids is 2. The quantitative estimate of drug-likeness (QED) is 0.357. The SMILES string of the molecule is CC(C)(C)C[C@H]1N[C@@H](C(=O)NC2CC(C)(O)C2)[C@H](c2cccc(Cl)c2F)[C@@]12C(=O)Oc1cc(Cl)c(F)cc12. The minimum Gasteiger partial charge on any atom is -0.425 e. The molecule has 2 aromatic carbocycles. The monoisotopic (exact) mass is 566 g/mol. The van der Waals surface area contributed by atoms with Gasteiger partial charge in [0.1, 0.15) is 22.8 Å². The maximum Gasteiger partial charge on any atom is 0.324 e. The molecule has 1 saturated heterocycles. The summed E-state index contributed by atoms with van der Waals surface area (Å²) in [6.45, 7) is 7.62. The van der Waals surface area contributed by atoms with Crippen LogP contribution in [0.5, 0.6) is 5.75 Å². The lowest BCUT2D eigenvalue weighted by Crippen LogP contribution is -2.57. The molecule has 0 aromatic heterocycles. The Balaban J connectivity index is 1.71. The van der Waals surface area contributed by atoms with Gasteiger partial charge in [-0.1, -0.05) is 56.1 Å². The molecule has 0 bridgehead atoms. The van der Waals surface area contributed by atoms with Crippen molar-refractivity contribution in [1.29, 1.82) is 0 Å². The largest absolute Gasteiger partial charge is 0.425 e. The van der Waals surface area contributed by atoms with Crippen molar-refractivity contribution in [2.75, 3.05) is 0 Å². The molecule has 0 unspecified atom stereocenters. The summed E-state index contributed by atoms with van der Waals surface area (Å²) < 4.78 is 36.3. The minimum absolute atomic E-state index is 0.0438. The Morgan fingerprint density at radius 1 is 1.21 bits per heavy atom. The van der Waals surface area contributed by atoms with Crippen molar-refractivity contribution < 1.29 is 28.2 Å². The van der Waals surface area contributed by atoms with E-state index in [-0.39, 0.29) is 38.4 Å². The maximum atomic E-state index is 15.7. The van der Waals surface area contributed by atoms with E-state index in [1.54, 1.807) is 13.0 Å². The molecule has 38 heavy (non-hydrogen) atoms. The van der Waals surface area contributed by atoms with E-state index in [0.717, 1.165) is 6.07 Å². The van der Waals surface area contributed by atoms with Crippen LogP contribution in [0, 0.1) is 17.0 Å². The fourth-order valence-electron chi connectivity index (χ4n) is 6.42. The maximum absolute atomic E-state index is 15.7. The van der Waals surface area contributed by atoms with Gasteiger partial charge < -0.3 is 20.5 Å². The molecule has 1 aliphatic carbocycles. The van der Waals surface area contributed by atoms with E-state index in [9.17, 15) is 19.1 Å². The number of hydrogen-bond donors (Lipinski definition) is 3. The number of nitrogens with one attached hydrogen (secondary N) is 2. The number of amides is 1. The molecule has 0 radical (unpaired) electrons. The molecular weight excluding hydrogens is 537 g/mol. The first-order valence-electron chi connectivity index (χ1n) is 12.6. The van der Waals surface area contributed by atoms with Gasteiger partial charge in [0.25, 0.3) is 0 Å². The summed E-state index contributed by atoms with van der Waals surface area (Å²) in [5.41, 5.74) is -2.61. The van der Waals surface area contributed by atoms with Crippen LogP contribution in [-0.2, 0) is 15.0 Å². The predicted molar refractivity (Wildman–Crippen MR) is 139 cm³/mol. The van der Waals surface area contributed by atoms with E-state index in [1.807, 2.05) is 20.8 Å². The van der Waals surface area contributed by atoms with Crippen molar-refractivity contribution in [3.8, 4) is 5.75 Å². The first kappa shape index (κ1) is 27.3. The van der Waals surface area contributed by atoms with Gasteiger partial charge in [-0.05, 0) is 49.3 Å². The number of carbonyl (C=O) groups is 2. The van der Waals surface area contributed by atoms with Crippen LogP contribution in [0.3, 0.4) is 0 Å². The van der Waals surface area contributed by atoms with Crippen LogP contribution in [-0.4, -0.2) is 40.7 Å². The van der Waals surface area contributed by atoms with E-state index in [0.29, 0.717) is 19.3 Å². The number of halogens is 4. The number of ether oxygens (including phenoxy) is 1. The molecule has 2 aliphatic heterocycles. The zero-order chi connectivity index (χ0) is 27.8. The number of aliphatic hydroxyl groups is 1. The third kappa shape index (κ3) is 4.39. The van der Waals surface area contributed by atoms with E-state index in [2.05, 4.69) is 10.6 Å². The fourth-order valence-corrected chi connectivity index (χ4v) is 6.75. The topological polar surface area (TPSA) is 87.7 Å². The summed E-state index contributed by atoms with van der Waals surface area (Å²) in [6, 6.07) is 4.72. The highest BCUT2D eigenvalue weighted by molar-refractivity contribution is 6.31. The molecule has 5 rings (SSSR count). The van der Waals surface area contributed by atoms with Gasteiger partial charge in [0.05, 0.1) is 21.7 Å². The molecule has 4 atom stereocenters. The molecule has 10 heteroatoms. The first-order chi connectivity index (χ1) is 17.6. The molecule has 2 fully saturated rings. The van der Waals surface area contributed by atoms with Crippen LogP contribution >= 0.6 is 23.2 Å². The van der Waals surface area contributed by atoms with Crippen LogP contribution in [0.4, 0.5) is 8.78 Å². The lowest BCUT2D eigenvalue weighted by atomic mass is 9.62. The average Bonchev–Trinajstić information content (AvgIpc) is 3.24. The van der Waals surface area contributed by atoms with Crippen molar-refractivity contribution >= 4 is 35.1 Å². The van der Waals surface area contributed by atoms with Gasteiger partial charge in [-0.25, -0.2) is 8.78 Å². The molecule has 2 aromatic rings. The number of fused-ring (bicyclic) bond motifs is 2. The Kier molecular flexibility index (Phi) is 6.58. The Hall–Kier alpha value is -2.26. The second-order valence-electron chi connectivity index (χ2n) is 12.2. The molecule has 3 aliphatic rings. The molecule has 1 amide bonds. The van der Waals surface area contributed by atoms with Crippen molar-refractivity contribution in [3.63, 3.8) is 0 Å². The lowest BCUT2D eigenvalue weighted by molar-refractivity contribution is -0.139. The van der Waals surface area contributed by atoms with Gasteiger partial charge in [0, 0.05) is 29.6 Å². The van der Waals surface area contributed by atoms with E-state index >= 15 is 4.39 Å².